The second-order valence-electron chi connectivity index (χ2n) is 7.08. The minimum atomic E-state index is -3.87. The van der Waals surface area contributed by atoms with Gasteiger partial charge in [0.2, 0.25) is 5.91 Å². The Bertz CT molecular complexity index is 1380. The van der Waals surface area contributed by atoms with Gasteiger partial charge < -0.3 is 10.4 Å². The molecule has 31 heavy (non-hydrogen) atoms. The summed E-state index contributed by atoms with van der Waals surface area (Å²) in [5.41, 5.74) is 1.16. The number of amides is 1. The first-order chi connectivity index (χ1) is 15.0. The van der Waals surface area contributed by atoms with E-state index >= 15 is 0 Å². The van der Waals surface area contributed by atoms with Crippen LogP contribution < -0.4 is 5.32 Å². The number of aliphatic hydroxyl groups excluding tert-OH is 1. The molecule has 4 aromatic rings. The van der Waals surface area contributed by atoms with Gasteiger partial charge in [0.25, 0.3) is 10.0 Å². The first kappa shape index (κ1) is 20.8. The Balaban J connectivity index is 1.79. The van der Waals surface area contributed by atoms with Gasteiger partial charge in [-0.15, -0.1) is 0 Å². The van der Waals surface area contributed by atoms with Crippen molar-refractivity contribution in [3.63, 3.8) is 0 Å². The number of carbonyl (C=O) groups excluding carboxylic acids is 1. The lowest BCUT2D eigenvalue weighted by atomic mass is 10.1. The average Bonchev–Trinajstić information content (AvgIpc) is 3.17. The van der Waals surface area contributed by atoms with Crippen LogP contribution in [0.15, 0.2) is 83.9 Å². The summed E-state index contributed by atoms with van der Waals surface area (Å²) in [6.45, 7) is 0.375. The zero-order valence-electron chi connectivity index (χ0n) is 16.7. The van der Waals surface area contributed by atoms with Gasteiger partial charge in [0.15, 0.2) is 0 Å². The molecule has 2 N–H and O–H groups in total. The van der Waals surface area contributed by atoms with E-state index in [-0.39, 0.29) is 17.4 Å². The third-order valence-corrected chi connectivity index (χ3v) is 6.78. The van der Waals surface area contributed by atoms with Gasteiger partial charge in [-0.1, -0.05) is 54.6 Å². The molecule has 1 aromatic heterocycles. The van der Waals surface area contributed by atoms with Gasteiger partial charge in [0.1, 0.15) is 0 Å². The number of para-hydroxylation sites is 1. The molecule has 1 heterocycles. The van der Waals surface area contributed by atoms with Crippen LogP contribution in [0.3, 0.4) is 0 Å². The molecule has 3 aromatic carbocycles. The minimum Gasteiger partial charge on any atom is -0.396 e. The summed E-state index contributed by atoms with van der Waals surface area (Å²) in [5, 5.41) is 13.7. The summed E-state index contributed by atoms with van der Waals surface area (Å²) in [7, 11) is -3.87. The number of rotatable bonds is 7. The maximum Gasteiger partial charge on any atom is 0.268 e. The largest absolute Gasteiger partial charge is 0.396 e. The molecule has 0 aliphatic carbocycles. The highest BCUT2D eigenvalue weighted by molar-refractivity contribution is 7.90. The fourth-order valence-corrected chi connectivity index (χ4v) is 5.15. The minimum absolute atomic E-state index is 0.00348. The van der Waals surface area contributed by atoms with Crippen LogP contribution in [0.2, 0.25) is 0 Å². The van der Waals surface area contributed by atoms with Crippen LogP contribution >= 0.6 is 0 Å². The van der Waals surface area contributed by atoms with Crippen molar-refractivity contribution in [2.24, 2.45) is 0 Å². The molecular formula is C24H22N2O4S. The monoisotopic (exact) mass is 434 g/mol. The number of carbonyl (C=O) groups is 1. The van der Waals surface area contributed by atoms with E-state index in [2.05, 4.69) is 5.32 Å². The number of hydrogen-bond donors (Lipinski definition) is 2. The zero-order chi connectivity index (χ0) is 21.8. The zero-order valence-corrected chi connectivity index (χ0v) is 17.5. The number of aromatic nitrogens is 1. The summed E-state index contributed by atoms with van der Waals surface area (Å²) in [6, 6.07) is 19.8. The van der Waals surface area contributed by atoms with Crippen molar-refractivity contribution in [3.05, 3.63) is 84.6 Å². The fourth-order valence-electron chi connectivity index (χ4n) is 3.55. The topological polar surface area (TPSA) is 88.4 Å². The van der Waals surface area contributed by atoms with Crippen molar-refractivity contribution in [2.75, 3.05) is 13.2 Å². The molecule has 0 radical (unpaired) electrons. The smallest absolute Gasteiger partial charge is 0.268 e. The van der Waals surface area contributed by atoms with Crippen molar-refractivity contribution in [1.82, 2.24) is 9.29 Å². The quantitative estimate of drug-likeness (QED) is 0.344. The second-order valence-corrected chi connectivity index (χ2v) is 8.86. The number of fused-ring (bicyclic) bond motifs is 2. The molecule has 0 saturated carbocycles. The van der Waals surface area contributed by atoms with Crippen molar-refractivity contribution in [1.29, 1.82) is 0 Å². The lowest BCUT2D eigenvalue weighted by molar-refractivity contribution is -0.116. The first-order valence-corrected chi connectivity index (χ1v) is 11.4. The number of aliphatic hydroxyl groups is 1. The SMILES string of the molecule is O=C(/C=C/c1cn(S(=O)(=O)c2cccc3ccccc23)c2ccccc12)NCCCO. The molecule has 0 bridgehead atoms. The summed E-state index contributed by atoms with van der Waals surface area (Å²) in [4.78, 5) is 12.2. The van der Waals surface area contributed by atoms with Crippen molar-refractivity contribution < 1.29 is 18.3 Å². The van der Waals surface area contributed by atoms with Gasteiger partial charge in [0, 0.05) is 41.8 Å². The number of nitrogens with zero attached hydrogens (tertiary/aromatic N) is 1. The van der Waals surface area contributed by atoms with Gasteiger partial charge >= 0.3 is 0 Å². The normalized spacial score (nSPS) is 12.0. The predicted octanol–water partition coefficient (Wildman–Crippen LogP) is 3.54. The highest BCUT2D eigenvalue weighted by Gasteiger charge is 2.22. The maximum atomic E-state index is 13.6. The van der Waals surface area contributed by atoms with Crippen LogP contribution in [0, 0.1) is 0 Å². The van der Waals surface area contributed by atoms with Gasteiger partial charge in [-0.05, 0) is 30.0 Å². The molecular weight excluding hydrogens is 412 g/mol. The standard InChI is InChI=1S/C24H22N2O4S/c27-16-6-15-25-24(28)14-13-19-17-26(22-11-4-3-9-20(19)22)31(29,30)23-12-5-8-18-7-1-2-10-21(18)23/h1-5,7-14,17,27H,6,15-16H2,(H,25,28)/b14-13+. The number of hydrogen-bond acceptors (Lipinski definition) is 4. The highest BCUT2D eigenvalue weighted by atomic mass is 32.2. The van der Waals surface area contributed by atoms with E-state index in [4.69, 9.17) is 5.11 Å². The molecule has 0 aliphatic heterocycles. The summed E-state index contributed by atoms with van der Waals surface area (Å²) in [6.07, 6.45) is 4.99. The third-order valence-electron chi connectivity index (χ3n) is 5.04. The molecule has 0 aliphatic rings. The van der Waals surface area contributed by atoms with E-state index in [1.807, 2.05) is 36.4 Å². The molecule has 0 unspecified atom stereocenters. The Morgan fingerprint density at radius 3 is 2.48 bits per heavy atom. The Kier molecular flexibility index (Phi) is 5.88. The molecule has 0 atom stereocenters. The highest BCUT2D eigenvalue weighted by Crippen LogP contribution is 2.30. The Morgan fingerprint density at radius 2 is 1.68 bits per heavy atom. The van der Waals surface area contributed by atoms with Gasteiger partial charge in [-0.25, -0.2) is 12.4 Å². The van der Waals surface area contributed by atoms with Crippen molar-refractivity contribution >= 4 is 43.7 Å². The molecule has 0 fully saturated rings. The van der Waals surface area contributed by atoms with Crippen LogP contribution in [-0.2, 0) is 14.8 Å². The number of nitrogens with one attached hydrogen (secondary N) is 1. The summed E-state index contributed by atoms with van der Waals surface area (Å²) >= 11 is 0. The summed E-state index contributed by atoms with van der Waals surface area (Å²) in [5.74, 6) is -0.304. The van der Waals surface area contributed by atoms with E-state index in [0.29, 0.717) is 29.4 Å². The van der Waals surface area contributed by atoms with Crippen molar-refractivity contribution in [2.45, 2.75) is 11.3 Å². The van der Waals surface area contributed by atoms with Gasteiger partial charge in [-0.2, -0.15) is 0 Å². The van der Waals surface area contributed by atoms with Crippen LogP contribution in [0.4, 0.5) is 0 Å². The Labute approximate surface area is 180 Å². The summed E-state index contributed by atoms with van der Waals surface area (Å²) < 4.78 is 28.5. The van der Waals surface area contributed by atoms with Crippen LogP contribution in [0.5, 0.6) is 0 Å². The van der Waals surface area contributed by atoms with Crippen LogP contribution in [0.25, 0.3) is 27.8 Å². The molecule has 0 saturated heterocycles. The third kappa shape index (κ3) is 4.10. The van der Waals surface area contributed by atoms with Gasteiger partial charge in [0.05, 0.1) is 10.4 Å². The lowest BCUT2D eigenvalue weighted by Crippen LogP contribution is -2.22. The maximum absolute atomic E-state index is 13.6. The van der Waals surface area contributed by atoms with Gasteiger partial charge in [-0.3, -0.25) is 4.79 Å². The molecule has 6 nitrogen and oxygen atoms in total. The Hall–Kier alpha value is -3.42. The number of benzene rings is 3. The molecule has 0 spiro atoms. The van der Waals surface area contributed by atoms with E-state index in [1.54, 1.807) is 42.6 Å². The first-order valence-electron chi connectivity index (χ1n) is 9.92. The fraction of sp³-hybridized carbons (Fsp3) is 0.125. The Morgan fingerprint density at radius 1 is 0.968 bits per heavy atom. The molecule has 4 rings (SSSR count). The molecule has 1 amide bonds. The van der Waals surface area contributed by atoms with E-state index in [1.165, 1.54) is 10.0 Å². The van der Waals surface area contributed by atoms with Crippen LogP contribution in [-0.4, -0.2) is 36.6 Å². The molecule has 7 heteroatoms. The second kappa shape index (κ2) is 8.75. The lowest BCUT2D eigenvalue weighted by Gasteiger charge is -2.10. The van der Waals surface area contributed by atoms with E-state index in [9.17, 15) is 13.2 Å². The molecule has 158 valence electrons. The average molecular weight is 435 g/mol. The van der Waals surface area contributed by atoms with E-state index < -0.39 is 10.0 Å². The van der Waals surface area contributed by atoms with Crippen LogP contribution in [0.1, 0.15) is 12.0 Å². The van der Waals surface area contributed by atoms with Crippen molar-refractivity contribution in [3.8, 4) is 0 Å². The van der Waals surface area contributed by atoms with E-state index in [0.717, 1.165) is 10.8 Å². The predicted molar refractivity (Wildman–Crippen MR) is 122 cm³/mol.